The first-order valence-corrected chi connectivity index (χ1v) is 8.45. The van der Waals surface area contributed by atoms with E-state index in [9.17, 15) is 4.39 Å². The Balaban J connectivity index is 1.59. The van der Waals surface area contributed by atoms with E-state index in [-0.39, 0.29) is 5.82 Å². The minimum absolute atomic E-state index is 0.252. The topological polar surface area (TPSA) is 75.9 Å². The average molecular weight is 343 g/mol. The second-order valence-corrected chi connectivity index (χ2v) is 6.25. The summed E-state index contributed by atoms with van der Waals surface area (Å²) in [6.45, 7) is 1.26. The molecule has 4 N–H and O–H groups in total. The molecule has 0 aliphatic rings. The van der Waals surface area contributed by atoms with E-state index >= 15 is 0 Å². The van der Waals surface area contributed by atoms with E-state index in [0.29, 0.717) is 23.9 Å². The van der Waals surface area contributed by atoms with Gasteiger partial charge in [0.25, 0.3) is 0 Å². The third-order valence-corrected chi connectivity index (χ3v) is 4.44. The molecule has 7 heteroatoms. The molecular formula is C17H18FN5S. The van der Waals surface area contributed by atoms with Crippen LogP contribution in [0.2, 0.25) is 0 Å². The first-order valence-electron chi connectivity index (χ1n) is 7.57. The van der Waals surface area contributed by atoms with E-state index in [1.807, 2.05) is 6.07 Å². The molecule has 3 rings (SSSR count). The molecule has 0 saturated heterocycles. The molecule has 2 heterocycles. The summed E-state index contributed by atoms with van der Waals surface area (Å²) in [6.07, 6.45) is 2.39. The van der Waals surface area contributed by atoms with Crippen molar-refractivity contribution in [3.05, 3.63) is 64.4 Å². The van der Waals surface area contributed by atoms with Gasteiger partial charge < -0.3 is 16.4 Å². The molecule has 2 aromatic heterocycles. The lowest BCUT2D eigenvalue weighted by Gasteiger charge is -2.12. The molecule has 0 unspecified atom stereocenters. The van der Waals surface area contributed by atoms with Crippen molar-refractivity contribution in [2.24, 2.45) is 0 Å². The number of rotatable bonds is 7. The number of nitrogen functional groups attached to an aromatic ring is 1. The lowest BCUT2D eigenvalue weighted by Crippen LogP contribution is -2.11. The van der Waals surface area contributed by atoms with Crippen LogP contribution in [0.1, 0.15) is 10.4 Å². The average Bonchev–Trinajstić information content (AvgIpc) is 3.10. The van der Waals surface area contributed by atoms with Gasteiger partial charge in [0.1, 0.15) is 17.8 Å². The van der Waals surface area contributed by atoms with Crippen LogP contribution in [0.15, 0.2) is 48.1 Å². The van der Waals surface area contributed by atoms with Crippen molar-refractivity contribution in [2.45, 2.75) is 13.0 Å². The Morgan fingerprint density at radius 1 is 1.04 bits per heavy atom. The van der Waals surface area contributed by atoms with Gasteiger partial charge in [-0.1, -0.05) is 18.2 Å². The quantitative estimate of drug-likeness (QED) is 0.612. The van der Waals surface area contributed by atoms with Crippen molar-refractivity contribution in [2.75, 3.05) is 22.9 Å². The minimum Gasteiger partial charge on any atom is -0.393 e. The summed E-state index contributed by atoms with van der Waals surface area (Å²) in [5.74, 6) is 0.925. The lowest BCUT2D eigenvalue weighted by molar-refractivity contribution is 0.627. The fourth-order valence-corrected chi connectivity index (χ4v) is 2.93. The van der Waals surface area contributed by atoms with Crippen LogP contribution < -0.4 is 16.4 Å². The summed E-state index contributed by atoms with van der Waals surface area (Å²) in [7, 11) is 0. The highest BCUT2D eigenvalue weighted by molar-refractivity contribution is 7.09. The molecule has 0 radical (unpaired) electrons. The Kier molecular flexibility index (Phi) is 5.22. The van der Waals surface area contributed by atoms with E-state index in [1.165, 1.54) is 23.3 Å². The number of hydrogen-bond donors (Lipinski definition) is 3. The fraction of sp³-hybridized carbons (Fsp3) is 0.176. The first-order chi connectivity index (χ1) is 11.7. The molecule has 3 aromatic rings. The Bertz CT molecular complexity index is 774. The van der Waals surface area contributed by atoms with Crippen LogP contribution in [0.25, 0.3) is 0 Å². The van der Waals surface area contributed by atoms with Crippen LogP contribution in [0.3, 0.4) is 0 Å². The zero-order valence-corrected chi connectivity index (χ0v) is 13.8. The van der Waals surface area contributed by atoms with Crippen LogP contribution in [0, 0.1) is 5.82 Å². The van der Waals surface area contributed by atoms with Crippen molar-refractivity contribution in [3.8, 4) is 0 Å². The SMILES string of the molecule is Nc1c(NCCc2cccs2)ncnc1NCc1ccc(F)cc1. The maximum atomic E-state index is 12.9. The van der Waals surface area contributed by atoms with E-state index < -0.39 is 0 Å². The predicted molar refractivity (Wildman–Crippen MR) is 96.7 cm³/mol. The Morgan fingerprint density at radius 2 is 1.79 bits per heavy atom. The predicted octanol–water partition coefficient (Wildman–Crippen LogP) is 3.53. The molecule has 0 spiro atoms. The van der Waals surface area contributed by atoms with Gasteiger partial charge in [-0.2, -0.15) is 0 Å². The maximum Gasteiger partial charge on any atom is 0.155 e. The lowest BCUT2D eigenvalue weighted by atomic mass is 10.2. The number of nitrogens with zero attached hydrogens (tertiary/aromatic N) is 2. The molecule has 0 atom stereocenters. The number of halogens is 1. The molecule has 124 valence electrons. The van der Waals surface area contributed by atoms with Gasteiger partial charge in [0.15, 0.2) is 11.6 Å². The standard InChI is InChI=1S/C17H18FN5S/c18-13-5-3-12(4-6-13)10-21-17-15(19)16(22-11-23-17)20-8-7-14-2-1-9-24-14/h1-6,9,11H,7-8,10,19H2,(H2,20,21,22,23). The number of anilines is 3. The Hall–Kier alpha value is -2.67. The largest absolute Gasteiger partial charge is 0.393 e. The minimum atomic E-state index is -0.252. The fourth-order valence-electron chi connectivity index (χ4n) is 2.22. The van der Waals surface area contributed by atoms with Gasteiger partial charge in [0.2, 0.25) is 0 Å². The molecule has 1 aromatic carbocycles. The smallest absolute Gasteiger partial charge is 0.155 e. The first kappa shape index (κ1) is 16.2. The zero-order valence-electron chi connectivity index (χ0n) is 13.0. The third-order valence-electron chi connectivity index (χ3n) is 3.50. The zero-order chi connectivity index (χ0) is 16.8. The van der Waals surface area contributed by atoms with Gasteiger partial charge in [0.05, 0.1) is 0 Å². The second-order valence-electron chi connectivity index (χ2n) is 5.22. The highest BCUT2D eigenvalue weighted by atomic mass is 32.1. The Labute approximate surface area is 143 Å². The number of thiophene rings is 1. The normalized spacial score (nSPS) is 10.5. The molecule has 0 saturated carbocycles. The number of benzene rings is 1. The molecule has 24 heavy (non-hydrogen) atoms. The van der Waals surface area contributed by atoms with Gasteiger partial charge in [-0.15, -0.1) is 11.3 Å². The molecule has 0 fully saturated rings. The van der Waals surface area contributed by atoms with Gasteiger partial charge >= 0.3 is 0 Å². The van der Waals surface area contributed by atoms with Gasteiger partial charge in [-0.25, -0.2) is 14.4 Å². The monoisotopic (exact) mass is 343 g/mol. The highest BCUT2D eigenvalue weighted by Gasteiger charge is 2.07. The number of nitrogens with two attached hydrogens (primary N) is 1. The number of nitrogens with one attached hydrogen (secondary N) is 2. The summed E-state index contributed by atoms with van der Waals surface area (Å²) in [6, 6.07) is 10.4. The van der Waals surface area contributed by atoms with E-state index in [2.05, 4.69) is 32.0 Å². The molecule has 5 nitrogen and oxygen atoms in total. The van der Waals surface area contributed by atoms with Crippen LogP contribution >= 0.6 is 11.3 Å². The van der Waals surface area contributed by atoms with Gasteiger partial charge in [-0.3, -0.25) is 0 Å². The summed E-state index contributed by atoms with van der Waals surface area (Å²) in [5, 5.41) is 8.46. The van der Waals surface area contributed by atoms with E-state index in [0.717, 1.165) is 18.5 Å². The van der Waals surface area contributed by atoms with Crippen LogP contribution in [0.5, 0.6) is 0 Å². The van der Waals surface area contributed by atoms with Crippen molar-refractivity contribution in [3.63, 3.8) is 0 Å². The summed E-state index contributed by atoms with van der Waals surface area (Å²) >= 11 is 1.73. The molecule has 0 aliphatic carbocycles. The van der Waals surface area contributed by atoms with Crippen LogP contribution in [-0.2, 0) is 13.0 Å². The van der Waals surface area contributed by atoms with E-state index in [4.69, 9.17) is 5.73 Å². The highest BCUT2D eigenvalue weighted by Crippen LogP contribution is 2.23. The van der Waals surface area contributed by atoms with Crippen LogP contribution in [0.4, 0.5) is 21.7 Å². The number of aromatic nitrogens is 2. The molecule has 0 bridgehead atoms. The van der Waals surface area contributed by atoms with Crippen molar-refractivity contribution in [1.29, 1.82) is 0 Å². The third kappa shape index (κ3) is 4.20. The molecule has 0 aliphatic heterocycles. The van der Waals surface area contributed by atoms with Crippen LogP contribution in [-0.4, -0.2) is 16.5 Å². The van der Waals surface area contributed by atoms with Crippen molar-refractivity contribution < 1.29 is 4.39 Å². The molecular weight excluding hydrogens is 325 g/mol. The van der Waals surface area contributed by atoms with Crippen molar-refractivity contribution in [1.82, 2.24) is 9.97 Å². The summed E-state index contributed by atoms with van der Waals surface area (Å²) < 4.78 is 12.9. The number of hydrogen-bond acceptors (Lipinski definition) is 6. The van der Waals surface area contributed by atoms with Crippen molar-refractivity contribution >= 4 is 28.7 Å². The van der Waals surface area contributed by atoms with E-state index in [1.54, 1.807) is 23.5 Å². The Morgan fingerprint density at radius 3 is 2.50 bits per heavy atom. The second kappa shape index (κ2) is 7.74. The van der Waals surface area contributed by atoms with Gasteiger partial charge in [0, 0.05) is 18.0 Å². The summed E-state index contributed by atoms with van der Waals surface area (Å²) in [5.41, 5.74) is 7.55. The molecule has 0 amide bonds. The summed E-state index contributed by atoms with van der Waals surface area (Å²) in [4.78, 5) is 9.67. The van der Waals surface area contributed by atoms with Gasteiger partial charge in [-0.05, 0) is 35.6 Å². The maximum absolute atomic E-state index is 12.9.